The lowest BCUT2D eigenvalue weighted by atomic mass is 10.3. The number of thiazole rings is 1. The number of halogens is 1. The molecule has 5 nitrogen and oxygen atoms in total. The van der Waals surface area contributed by atoms with Crippen molar-refractivity contribution < 1.29 is 9.90 Å². The zero-order chi connectivity index (χ0) is 12.4. The Morgan fingerprint density at radius 3 is 3.06 bits per heavy atom. The minimum absolute atomic E-state index is 0.00869. The van der Waals surface area contributed by atoms with Gasteiger partial charge in [-0.25, -0.2) is 9.78 Å². The van der Waals surface area contributed by atoms with E-state index in [9.17, 15) is 9.90 Å². The molecule has 90 valence electrons. The third-order valence-corrected chi connectivity index (χ3v) is 3.34. The van der Waals surface area contributed by atoms with Gasteiger partial charge in [0.05, 0.1) is 15.2 Å². The molecule has 0 aliphatic heterocycles. The van der Waals surface area contributed by atoms with Crippen LogP contribution in [0, 0.1) is 0 Å². The van der Waals surface area contributed by atoms with Gasteiger partial charge in [-0.2, -0.15) is 0 Å². The number of rotatable bonds is 2. The molecule has 1 heterocycles. The molecule has 2 amide bonds. The molecule has 0 fully saturated rings. The molecule has 0 saturated heterocycles. The van der Waals surface area contributed by atoms with Crippen molar-refractivity contribution in [3.63, 3.8) is 0 Å². The normalized spacial score (nSPS) is 10.5. The molecule has 0 aliphatic carbocycles. The number of amides is 2. The molecule has 0 unspecified atom stereocenters. The van der Waals surface area contributed by atoms with E-state index in [4.69, 9.17) is 11.6 Å². The first-order valence-corrected chi connectivity index (χ1v) is 6.14. The maximum absolute atomic E-state index is 11.3. The first-order valence-electron chi connectivity index (χ1n) is 4.94. The van der Waals surface area contributed by atoms with Gasteiger partial charge < -0.3 is 10.4 Å². The topological polar surface area (TPSA) is 74.2 Å². The highest BCUT2D eigenvalue weighted by molar-refractivity contribution is 7.22. The fourth-order valence-electron chi connectivity index (χ4n) is 1.31. The highest BCUT2D eigenvalue weighted by atomic mass is 35.5. The summed E-state index contributed by atoms with van der Waals surface area (Å²) in [6, 6.07) is 2.93. The number of benzene rings is 1. The van der Waals surface area contributed by atoms with Crippen molar-refractivity contribution in [3.05, 3.63) is 17.2 Å². The van der Waals surface area contributed by atoms with Gasteiger partial charge in [0.1, 0.15) is 0 Å². The first-order chi connectivity index (χ1) is 8.11. The van der Waals surface area contributed by atoms with Crippen LogP contribution in [0.3, 0.4) is 0 Å². The Labute approximate surface area is 106 Å². The van der Waals surface area contributed by atoms with Gasteiger partial charge in [0, 0.05) is 6.54 Å². The number of phenols is 1. The number of carbonyl (C=O) groups excluding carboxylic acids is 1. The van der Waals surface area contributed by atoms with Gasteiger partial charge in [0.25, 0.3) is 0 Å². The van der Waals surface area contributed by atoms with E-state index in [1.54, 1.807) is 12.1 Å². The molecular weight excluding hydrogens is 262 g/mol. The van der Waals surface area contributed by atoms with E-state index in [1.807, 2.05) is 6.92 Å². The molecule has 1 aromatic carbocycles. The van der Waals surface area contributed by atoms with Gasteiger partial charge in [0.2, 0.25) is 0 Å². The van der Waals surface area contributed by atoms with Crippen LogP contribution in [0.2, 0.25) is 5.02 Å². The Bertz CT molecular complexity index is 570. The van der Waals surface area contributed by atoms with Crippen LogP contribution in [0.4, 0.5) is 9.93 Å². The predicted molar refractivity (Wildman–Crippen MR) is 69.0 cm³/mol. The zero-order valence-electron chi connectivity index (χ0n) is 8.95. The van der Waals surface area contributed by atoms with Crippen LogP contribution in [0.1, 0.15) is 6.92 Å². The number of hydrogen-bond donors (Lipinski definition) is 3. The SMILES string of the molecule is CCNC(=O)Nc1nc2ccc(Cl)c(O)c2s1. The fraction of sp³-hybridized carbons (Fsp3) is 0.200. The maximum atomic E-state index is 11.3. The van der Waals surface area contributed by atoms with Gasteiger partial charge in [-0.3, -0.25) is 5.32 Å². The molecule has 0 atom stereocenters. The van der Waals surface area contributed by atoms with Crippen molar-refractivity contribution in [2.45, 2.75) is 6.92 Å². The number of nitrogens with zero attached hydrogens (tertiary/aromatic N) is 1. The van der Waals surface area contributed by atoms with Gasteiger partial charge in [-0.05, 0) is 19.1 Å². The number of nitrogens with one attached hydrogen (secondary N) is 2. The highest BCUT2D eigenvalue weighted by Crippen LogP contribution is 2.37. The van der Waals surface area contributed by atoms with Crippen molar-refractivity contribution in [2.24, 2.45) is 0 Å². The number of aromatic nitrogens is 1. The van der Waals surface area contributed by atoms with Crippen LogP contribution in [-0.2, 0) is 0 Å². The van der Waals surface area contributed by atoms with Crippen LogP contribution in [0.15, 0.2) is 12.1 Å². The molecule has 7 heteroatoms. The van der Waals surface area contributed by atoms with Crippen molar-refractivity contribution >= 4 is 44.3 Å². The first kappa shape index (κ1) is 11.9. The summed E-state index contributed by atoms with van der Waals surface area (Å²) >= 11 is 6.96. The Morgan fingerprint density at radius 2 is 2.35 bits per heavy atom. The minimum atomic E-state index is -0.322. The average molecular weight is 272 g/mol. The van der Waals surface area contributed by atoms with E-state index in [1.165, 1.54) is 11.3 Å². The average Bonchev–Trinajstić information content (AvgIpc) is 2.67. The summed E-state index contributed by atoms with van der Waals surface area (Å²) in [6.45, 7) is 2.36. The lowest BCUT2D eigenvalue weighted by molar-refractivity contribution is 0.252. The van der Waals surface area contributed by atoms with Gasteiger partial charge >= 0.3 is 6.03 Å². The van der Waals surface area contributed by atoms with Crippen molar-refractivity contribution in [2.75, 3.05) is 11.9 Å². The maximum Gasteiger partial charge on any atom is 0.321 e. The molecule has 0 aliphatic rings. The lowest BCUT2D eigenvalue weighted by Gasteiger charge is -2.00. The van der Waals surface area contributed by atoms with E-state index in [0.29, 0.717) is 21.9 Å². The molecule has 0 bridgehead atoms. The molecule has 3 N–H and O–H groups in total. The summed E-state index contributed by atoms with van der Waals surface area (Å²) in [5.74, 6) is -0.00869. The molecule has 1 aromatic heterocycles. The minimum Gasteiger partial charge on any atom is -0.505 e. The number of urea groups is 1. The van der Waals surface area contributed by atoms with Crippen LogP contribution < -0.4 is 10.6 Å². The Morgan fingerprint density at radius 1 is 1.59 bits per heavy atom. The van der Waals surface area contributed by atoms with E-state index in [-0.39, 0.29) is 16.8 Å². The van der Waals surface area contributed by atoms with E-state index >= 15 is 0 Å². The molecule has 2 aromatic rings. The molecule has 2 rings (SSSR count). The summed E-state index contributed by atoms with van der Waals surface area (Å²) in [4.78, 5) is 15.5. The van der Waals surface area contributed by atoms with Gasteiger partial charge in [0.15, 0.2) is 10.9 Å². The third-order valence-electron chi connectivity index (χ3n) is 2.04. The summed E-state index contributed by atoms with van der Waals surface area (Å²) in [5.41, 5.74) is 0.601. The molecular formula is C10H10ClN3O2S. The number of fused-ring (bicyclic) bond motifs is 1. The second-order valence-electron chi connectivity index (χ2n) is 3.25. The van der Waals surface area contributed by atoms with E-state index < -0.39 is 0 Å². The summed E-state index contributed by atoms with van der Waals surface area (Å²) in [5, 5.41) is 15.6. The Kier molecular flexibility index (Phi) is 3.35. The summed E-state index contributed by atoms with van der Waals surface area (Å²) in [6.07, 6.45) is 0. The highest BCUT2D eigenvalue weighted by Gasteiger charge is 2.11. The molecule has 0 saturated carbocycles. The van der Waals surface area contributed by atoms with E-state index in [0.717, 1.165) is 0 Å². The van der Waals surface area contributed by atoms with Crippen molar-refractivity contribution in [1.29, 1.82) is 0 Å². The quantitative estimate of drug-likeness (QED) is 0.786. The number of phenolic OH excluding ortho intramolecular Hbond substituents is 1. The number of hydrogen-bond acceptors (Lipinski definition) is 4. The molecule has 0 spiro atoms. The molecule has 0 radical (unpaired) electrons. The number of anilines is 1. The van der Waals surface area contributed by atoms with Gasteiger partial charge in [-0.15, -0.1) is 0 Å². The van der Waals surface area contributed by atoms with Crippen molar-refractivity contribution in [3.8, 4) is 5.75 Å². The summed E-state index contributed by atoms with van der Waals surface area (Å²) < 4.78 is 0.560. The summed E-state index contributed by atoms with van der Waals surface area (Å²) in [7, 11) is 0. The fourth-order valence-corrected chi connectivity index (χ4v) is 2.43. The van der Waals surface area contributed by atoms with Crippen molar-refractivity contribution in [1.82, 2.24) is 10.3 Å². The van der Waals surface area contributed by atoms with Crippen LogP contribution in [0.5, 0.6) is 5.75 Å². The van der Waals surface area contributed by atoms with E-state index in [2.05, 4.69) is 15.6 Å². The van der Waals surface area contributed by atoms with Gasteiger partial charge in [-0.1, -0.05) is 22.9 Å². The largest absolute Gasteiger partial charge is 0.505 e. The number of aromatic hydroxyl groups is 1. The second kappa shape index (κ2) is 4.77. The van der Waals surface area contributed by atoms with Crippen LogP contribution in [-0.4, -0.2) is 22.7 Å². The number of carbonyl (C=O) groups is 1. The second-order valence-corrected chi connectivity index (χ2v) is 4.65. The third kappa shape index (κ3) is 2.42. The standard InChI is InChI=1S/C10H10ClN3O2S/c1-2-12-9(16)14-10-13-6-4-3-5(11)7(15)8(6)17-10/h3-4,15H,2H2,1H3,(H2,12,13,14,16). The smallest absolute Gasteiger partial charge is 0.321 e. The molecule has 17 heavy (non-hydrogen) atoms. The lowest BCUT2D eigenvalue weighted by Crippen LogP contribution is -2.28. The Hall–Kier alpha value is -1.53. The predicted octanol–water partition coefficient (Wildman–Crippen LogP) is 2.80. The monoisotopic (exact) mass is 271 g/mol. The Balaban J connectivity index is 2.32. The van der Waals surface area contributed by atoms with Crippen LogP contribution >= 0.6 is 22.9 Å². The zero-order valence-corrected chi connectivity index (χ0v) is 10.5. The van der Waals surface area contributed by atoms with Crippen LogP contribution in [0.25, 0.3) is 10.2 Å².